The molecular weight excluding hydrogens is 431 g/mol. The number of aromatic nitrogens is 2. The van der Waals surface area contributed by atoms with E-state index in [1.54, 1.807) is 19.2 Å². The Hall–Kier alpha value is -3.48. The average molecular weight is 463 g/mol. The molecule has 2 heterocycles. The van der Waals surface area contributed by atoms with Crippen LogP contribution in [0.3, 0.4) is 0 Å². The molecule has 0 unspecified atom stereocenters. The first-order valence-corrected chi connectivity index (χ1v) is 11.7. The van der Waals surface area contributed by atoms with Crippen LogP contribution in [0.4, 0.5) is 10.2 Å². The van der Waals surface area contributed by atoms with E-state index < -0.39 is 0 Å². The Bertz CT molecular complexity index is 1150. The highest BCUT2D eigenvalue weighted by Gasteiger charge is 2.23. The zero-order valence-electron chi connectivity index (χ0n) is 20.1. The highest BCUT2D eigenvalue weighted by atomic mass is 19.1. The molecule has 0 N–H and O–H groups in total. The molecule has 2 aromatic carbocycles. The minimum atomic E-state index is -0.245. The first-order chi connectivity index (χ1) is 16.4. The molecule has 1 saturated heterocycles. The minimum absolute atomic E-state index is 0.127. The fourth-order valence-corrected chi connectivity index (χ4v) is 4.45. The minimum Gasteiger partial charge on any atom is -0.497 e. The summed E-state index contributed by atoms with van der Waals surface area (Å²) in [6, 6.07) is 14.3. The number of carbonyl (C=O) groups excluding carboxylic acids is 1. The van der Waals surface area contributed by atoms with Crippen molar-refractivity contribution < 1.29 is 13.9 Å². The van der Waals surface area contributed by atoms with E-state index in [1.807, 2.05) is 49.1 Å². The quantitative estimate of drug-likeness (QED) is 0.552. The Kier molecular flexibility index (Phi) is 7.40. The molecule has 6 nitrogen and oxygen atoms in total. The van der Waals surface area contributed by atoms with Crippen molar-refractivity contribution in [1.29, 1.82) is 0 Å². The Labute approximate surface area is 200 Å². The van der Waals surface area contributed by atoms with Crippen molar-refractivity contribution in [3.05, 3.63) is 82.6 Å². The highest BCUT2D eigenvalue weighted by molar-refractivity contribution is 5.79. The van der Waals surface area contributed by atoms with Gasteiger partial charge in [0.05, 0.1) is 13.5 Å². The number of methoxy groups -OCH3 is 1. The Morgan fingerprint density at radius 3 is 2.53 bits per heavy atom. The summed E-state index contributed by atoms with van der Waals surface area (Å²) in [6.07, 6.45) is 1.80. The number of ether oxygens (including phenoxy) is 1. The predicted octanol–water partition coefficient (Wildman–Crippen LogP) is 4.11. The molecule has 0 atom stereocenters. The van der Waals surface area contributed by atoms with Crippen molar-refractivity contribution in [1.82, 2.24) is 14.9 Å². The summed E-state index contributed by atoms with van der Waals surface area (Å²) >= 11 is 0. The van der Waals surface area contributed by atoms with Crippen LogP contribution in [0.2, 0.25) is 0 Å². The molecule has 7 heteroatoms. The van der Waals surface area contributed by atoms with Crippen LogP contribution < -0.4 is 9.64 Å². The lowest BCUT2D eigenvalue weighted by atomic mass is 10.0. The Balaban J connectivity index is 1.48. The SMILES string of the molecule is COc1ccc(CC(=O)N2CCCN(c3nc(C)nc(C)c3Cc3cccc(F)c3)CC2)cc1. The van der Waals surface area contributed by atoms with Crippen LogP contribution in [-0.4, -0.2) is 54.1 Å². The number of rotatable bonds is 6. The van der Waals surface area contributed by atoms with Crippen molar-refractivity contribution in [3.8, 4) is 5.75 Å². The van der Waals surface area contributed by atoms with E-state index in [1.165, 1.54) is 6.07 Å². The smallest absolute Gasteiger partial charge is 0.227 e. The molecule has 0 spiro atoms. The van der Waals surface area contributed by atoms with Gasteiger partial charge >= 0.3 is 0 Å². The third-order valence-electron chi connectivity index (χ3n) is 6.24. The molecular formula is C27H31FN4O2. The standard InChI is InChI=1S/C27H31FN4O2/c1-19-25(17-22-6-4-7-23(28)16-22)27(30-20(2)29-19)32-13-5-12-31(14-15-32)26(33)18-21-8-10-24(34-3)11-9-21/h4,6-11,16H,5,12-15,17-18H2,1-3H3. The molecule has 1 aliphatic rings. The van der Waals surface area contributed by atoms with Gasteiger partial charge in [0.25, 0.3) is 0 Å². The summed E-state index contributed by atoms with van der Waals surface area (Å²) < 4.78 is 19.0. The lowest BCUT2D eigenvalue weighted by Gasteiger charge is -2.26. The van der Waals surface area contributed by atoms with E-state index in [2.05, 4.69) is 9.88 Å². The van der Waals surface area contributed by atoms with Gasteiger partial charge in [-0.1, -0.05) is 24.3 Å². The van der Waals surface area contributed by atoms with E-state index >= 15 is 0 Å². The second-order valence-corrected chi connectivity index (χ2v) is 8.71. The maximum atomic E-state index is 13.8. The van der Waals surface area contributed by atoms with Gasteiger partial charge in [0.1, 0.15) is 23.2 Å². The number of anilines is 1. The predicted molar refractivity (Wildman–Crippen MR) is 131 cm³/mol. The third-order valence-corrected chi connectivity index (χ3v) is 6.24. The second-order valence-electron chi connectivity index (χ2n) is 8.71. The van der Waals surface area contributed by atoms with Crippen LogP contribution in [0.15, 0.2) is 48.5 Å². The third kappa shape index (κ3) is 5.71. The molecule has 0 saturated carbocycles. The van der Waals surface area contributed by atoms with E-state index in [0.29, 0.717) is 38.3 Å². The first kappa shape index (κ1) is 23.7. The van der Waals surface area contributed by atoms with Gasteiger partial charge in [-0.2, -0.15) is 0 Å². The summed E-state index contributed by atoms with van der Waals surface area (Å²) in [6.45, 7) is 6.73. The number of nitrogens with zero attached hydrogens (tertiary/aromatic N) is 4. The monoisotopic (exact) mass is 462 g/mol. The van der Waals surface area contributed by atoms with Crippen molar-refractivity contribution in [2.24, 2.45) is 0 Å². The zero-order valence-corrected chi connectivity index (χ0v) is 20.1. The van der Waals surface area contributed by atoms with Crippen molar-refractivity contribution in [2.45, 2.75) is 33.1 Å². The second kappa shape index (κ2) is 10.6. The summed E-state index contributed by atoms with van der Waals surface area (Å²) in [4.78, 5) is 26.5. The number of halogens is 1. The number of hydrogen-bond donors (Lipinski definition) is 0. The van der Waals surface area contributed by atoms with Crippen LogP contribution in [-0.2, 0) is 17.6 Å². The van der Waals surface area contributed by atoms with Gasteiger partial charge in [-0.05, 0) is 55.7 Å². The van der Waals surface area contributed by atoms with Crippen LogP contribution in [0, 0.1) is 19.7 Å². The summed E-state index contributed by atoms with van der Waals surface area (Å²) in [5.74, 6) is 2.27. The average Bonchev–Trinajstić information content (AvgIpc) is 3.08. The zero-order chi connectivity index (χ0) is 24.1. The fraction of sp³-hybridized carbons (Fsp3) is 0.370. The molecule has 1 aliphatic heterocycles. The lowest BCUT2D eigenvalue weighted by Crippen LogP contribution is -2.36. The summed E-state index contributed by atoms with van der Waals surface area (Å²) in [7, 11) is 1.63. The maximum Gasteiger partial charge on any atom is 0.227 e. The van der Waals surface area contributed by atoms with Crippen molar-refractivity contribution >= 4 is 11.7 Å². The van der Waals surface area contributed by atoms with Crippen LogP contribution in [0.1, 0.15) is 34.6 Å². The van der Waals surface area contributed by atoms with Gasteiger partial charge < -0.3 is 14.5 Å². The summed E-state index contributed by atoms with van der Waals surface area (Å²) in [5.41, 5.74) is 3.78. The lowest BCUT2D eigenvalue weighted by molar-refractivity contribution is -0.130. The van der Waals surface area contributed by atoms with Gasteiger partial charge in [0, 0.05) is 43.9 Å². The van der Waals surface area contributed by atoms with E-state index in [9.17, 15) is 9.18 Å². The summed E-state index contributed by atoms with van der Waals surface area (Å²) in [5, 5.41) is 0. The van der Waals surface area contributed by atoms with E-state index in [4.69, 9.17) is 9.72 Å². The number of carbonyl (C=O) groups is 1. The van der Waals surface area contributed by atoms with E-state index in [0.717, 1.165) is 46.9 Å². The van der Waals surface area contributed by atoms with Gasteiger partial charge in [0.2, 0.25) is 5.91 Å². The van der Waals surface area contributed by atoms with Crippen molar-refractivity contribution in [3.63, 3.8) is 0 Å². The van der Waals surface area contributed by atoms with Crippen LogP contribution >= 0.6 is 0 Å². The molecule has 178 valence electrons. The van der Waals surface area contributed by atoms with E-state index in [-0.39, 0.29) is 11.7 Å². The largest absolute Gasteiger partial charge is 0.497 e. The fourth-order valence-electron chi connectivity index (χ4n) is 4.45. The van der Waals surface area contributed by atoms with Gasteiger partial charge in [-0.25, -0.2) is 14.4 Å². The van der Waals surface area contributed by atoms with Gasteiger partial charge in [-0.3, -0.25) is 4.79 Å². The van der Waals surface area contributed by atoms with Gasteiger partial charge in [-0.15, -0.1) is 0 Å². The number of aryl methyl sites for hydroxylation is 2. The van der Waals surface area contributed by atoms with Crippen LogP contribution in [0.5, 0.6) is 5.75 Å². The number of benzene rings is 2. The Morgan fingerprint density at radius 2 is 1.79 bits per heavy atom. The first-order valence-electron chi connectivity index (χ1n) is 11.7. The molecule has 1 amide bonds. The Morgan fingerprint density at radius 1 is 1.00 bits per heavy atom. The molecule has 0 radical (unpaired) electrons. The topological polar surface area (TPSA) is 58.6 Å². The van der Waals surface area contributed by atoms with Crippen molar-refractivity contribution in [2.75, 3.05) is 38.2 Å². The molecule has 0 bridgehead atoms. The molecule has 3 aromatic rings. The number of hydrogen-bond acceptors (Lipinski definition) is 5. The van der Waals surface area contributed by atoms with Gasteiger partial charge in [0.15, 0.2) is 0 Å². The molecule has 1 fully saturated rings. The number of amides is 1. The molecule has 0 aliphatic carbocycles. The molecule has 4 rings (SSSR count). The maximum absolute atomic E-state index is 13.8. The van der Waals surface area contributed by atoms with Crippen LogP contribution in [0.25, 0.3) is 0 Å². The molecule has 1 aromatic heterocycles. The molecule has 34 heavy (non-hydrogen) atoms. The highest BCUT2D eigenvalue weighted by Crippen LogP contribution is 2.25. The normalized spacial score (nSPS) is 14.1.